The predicted molar refractivity (Wildman–Crippen MR) is 58.9 cm³/mol. The van der Waals surface area contributed by atoms with Gasteiger partial charge in [-0.05, 0) is 30.9 Å². The number of hydrogen-bond acceptors (Lipinski definition) is 2. The maximum Gasteiger partial charge on any atom is 0.240 e. The predicted octanol–water partition coefficient (Wildman–Crippen LogP) is 1.76. The summed E-state index contributed by atoms with van der Waals surface area (Å²) in [5.74, 6) is 0.647. The molecule has 3 nitrogen and oxygen atoms in total. The fourth-order valence-electron chi connectivity index (χ4n) is 1.89. The van der Waals surface area contributed by atoms with Crippen molar-refractivity contribution in [1.29, 1.82) is 0 Å². The normalized spacial score (nSPS) is 25.9. The molecule has 0 aromatic heterocycles. The van der Waals surface area contributed by atoms with Crippen molar-refractivity contribution in [3.05, 3.63) is 30.3 Å². The second-order valence-corrected chi connectivity index (χ2v) is 5.92. The molecular formula is C11H15NO2S. The van der Waals surface area contributed by atoms with Crippen molar-refractivity contribution in [2.45, 2.75) is 30.7 Å². The van der Waals surface area contributed by atoms with Crippen LogP contribution >= 0.6 is 0 Å². The number of benzene rings is 1. The van der Waals surface area contributed by atoms with Crippen LogP contribution in [0.25, 0.3) is 0 Å². The second kappa shape index (κ2) is 3.94. The van der Waals surface area contributed by atoms with Crippen LogP contribution in [-0.2, 0) is 10.0 Å². The number of sulfonamides is 1. The Kier molecular flexibility index (Phi) is 2.80. The van der Waals surface area contributed by atoms with Crippen molar-refractivity contribution in [3.63, 3.8) is 0 Å². The molecule has 0 aliphatic heterocycles. The third kappa shape index (κ3) is 2.38. The minimum Gasteiger partial charge on any atom is -0.208 e. The van der Waals surface area contributed by atoms with Gasteiger partial charge in [0, 0.05) is 6.04 Å². The Labute approximate surface area is 90.6 Å². The molecule has 0 bridgehead atoms. The van der Waals surface area contributed by atoms with E-state index in [4.69, 9.17) is 0 Å². The molecule has 15 heavy (non-hydrogen) atoms. The molecule has 1 aromatic carbocycles. The van der Waals surface area contributed by atoms with E-state index in [-0.39, 0.29) is 6.04 Å². The van der Waals surface area contributed by atoms with Crippen LogP contribution < -0.4 is 4.72 Å². The topological polar surface area (TPSA) is 46.2 Å². The van der Waals surface area contributed by atoms with Gasteiger partial charge in [-0.3, -0.25) is 0 Å². The van der Waals surface area contributed by atoms with Crippen molar-refractivity contribution < 1.29 is 8.42 Å². The van der Waals surface area contributed by atoms with Crippen LogP contribution in [-0.4, -0.2) is 14.5 Å². The number of hydrogen-bond donors (Lipinski definition) is 1. The van der Waals surface area contributed by atoms with Gasteiger partial charge in [0.25, 0.3) is 0 Å². The van der Waals surface area contributed by atoms with E-state index in [1.165, 1.54) is 0 Å². The van der Waals surface area contributed by atoms with Crippen LogP contribution in [0.1, 0.15) is 19.8 Å². The van der Waals surface area contributed by atoms with E-state index in [0.717, 1.165) is 12.8 Å². The molecule has 0 saturated heterocycles. The Bertz CT molecular complexity index is 421. The highest BCUT2D eigenvalue weighted by atomic mass is 32.2. The van der Waals surface area contributed by atoms with Gasteiger partial charge in [0.2, 0.25) is 10.0 Å². The zero-order valence-electron chi connectivity index (χ0n) is 8.68. The molecule has 0 heterocycles. The molecule has 0 spiro atoms. The summed E-state index contributed by atoms with van der Waals surface area (Å²) in [4.78, 5) is 0.351. The summed E-state index contributed by atoms with van der Waals surface area (Å²) in [5.41, 5.74) is 0. The van der Waals surface area contributed by atoms with Gasteiger partial charge in [-0.1, -0.05) is 25.1 Å². The Morgan fingerprint density at radius 1 is 1.20 bits per heavy atom. The van der Waals surface area contributed by atoms with E-state index >= 15 is 0 Å². The molecular weight excluding hydrogens is 210 g/mol. The molecule has 1 aliphatic rings. The highest BCUT2D eigenvalue weighted by Crippen LogP contribution is 2.27. The Morgan fingerprint density at radius 3 is 2.33 bits per heavy atom. The molecule has 1 saturated carbocycles. The lowest BCUT2D eigenvalue weighted by molar-refractivity contribution is 0.270. The van der Waals surface area contributed by atoms with Gasteiger partial charge in [-0.15, -0.1) is 0 Å². The summed E-state index contributed by atoms with van der Waals surface area (Å²) in [5, 5.41) is 0. The minimum absolute atomic E-state index is 0.130. The summed E-state index contributed by atoms with van der Waals surface area (Å²) < 4.78 is 26.4. The van der Waals surface area contributed by atoms with Crippen LogP contribution in [0.5, 0.6) is 0 Å². The summed E-state index contributed by atoms with van der Waals surface area (Å²) in [6, 6.07) is 8.64. The van der Waals surface area contributed by atoms with Gasteiger partial charge in [0.05, 0.1) is 4.90 Å². The molecule has 0 atom stereocenters. The van der Waals surface area contributed by atoms with E-state index in [0.29, 0.717) is 10.8 Å². The van der Waals surface area contributed by atoms with Crippen molar-refractivity contribution in [2.75, 3.05) is 0 Å². The van der Waals surface area contributed by atoms with Crippen LogP contribution in [0, 0.1) is 5.92 Å². The standard InChI is InChI=1S/C11H15NO2S/c1-9-7-10(8-9)12-15(13,14)11-5-3-2-4-6-11/h2-6,9-10,12H,7-8H2,1H3. The lowest BCUT2D eigenvalue weighted by Crippen LogP contribution is -2.43. The molecule has 4 heteroatoms. The largest absolute Gasteiger partial charge is 0.240 e. The fraction of sp³-hybridized carbons (Fsp3) is 0.455. The first-order valence-corrected chi connectivity index (χ1v) is 6.63. The van der Waals surface area contributed by atoms with E-state index in [9.17, 15) is 8.42 Å². The third-order valence-electron chi connectivity index (χ3n) is 2.75. The van der Waals surface area contributed by atoms with Gasteiger partial charge < -0.3 is 0 Å². The highest BCUT2D eigenvalue weighted by molar-refractivity contribution is 7.89. The van der Waals surface area contributed by atoms with Crippen molar-refractivity contribution >= 4 is 10.0 Å². The van der Waals surface area contributed by atoms with Crippen LogP contribution in [0.3, 0.4) is 0 Å². The lowest BCUT2D eigenvalue weighted by atomic mass is 9.83. The van der Waals surface area contributed by atoms with E-state index in [1.807, 2.05) is 6.07 Å². The smallest absolute Gasteiger partial charge is 0.208 e. The molecule has 1 fully saturated rings. The first kappa shape index (κ1) is 10.6. The minimum atomic E-state index is -3.29. The monoisotopic (exact) mass is 225 g/mol. The zero-order chi connectivity index (χ0) is 10.9. The van der Waals surface area contributed by atoms with Gasteiger partial charge in [-0.25, -0.2) is 13.1 Å². The SMILES string of the molecule is CC1CC(NS(=O)(=O)c2ccccc2)C1. The van der Waals surface area contributed by atoms with Crippen molar-refractivity contribution in [1.82, 2.24) is 4.72 Å². The third-order valence-corrected chi connectivity index (χ3v) is 4.29. The van der Waals surface area contributed by atoms with Crippen molar-refractivity contribution in [3.8, 4) is 0 Å². The first-order chi connectivity index (χ1) is 7.08. The lowest BCUT2D eigenvalue weighted by Gasteiger charge is -2.32. The second-order valence-electron chi connectivity index (χ2n) is 4.21. The van der Waals surface area contributed by atoms with Gasteiger partial charge in [-0.2, -0.15) is 0 Å². The molecule has 1 N–H and O–H groups in total. The molecule has 0 amide bonds. The van der Waals surface area contributed by atoms with Gasteiger partial charge in [0.1, 0.15) is 0 Å². The first-order valence-electron chi connectivity index (χ1n) is 5.15. The number of rotatable bonds is 3. The summed E-state index contributed by atoms with van der Waals surface area (Å²) >= 11 is 0. The van der Waals surface area contributed by atoms with Crippen LogP contribution in [0.15, 0.2) is 35.2 Å². The van der Waals surface area contributed by atoms with Crippen LogP contribution in [0.2, 0.25) is 0 Å². The Balaban J connectivity index is 2.08. The quantitative estimate of drug-likeness (QED) is 0.852. The zero-order valence-corrected chi connectivity index (χ0v) is 9.50. The van der Waals surface area contributed by atoms with E-state index < -0.39 is 10.0 Å². The molecule has 1 aromatic rings. The number of nitrogens with one attached hydrogen (secondary N) is 1. The maximum atomic E-state index is 11.8. The molecule has 0 radical (unpaired) electrons. The Hall–Kier alpha value is -0.870. The summed E-state index contributed by atoms with van der Waals surface area (Å²) in [7, 11) is -3.29. The van der Waals surface area contributed by atoms with Crippen molar-refractivity contribution in [2.24, 2.45) is 5.92 Å². The summed E-state index contributed by atoms with van der Waals surface area (Å²) in [6.07, 6.45) is 1.90. The van der Waals surface area contributed by atoms with E-state index in [2.05, 4.69) is 11.6 Å². The van der Waals surface area contributed by atoms with Gasteiger partial charge >= 0.3 is 0 Å². The molecule has 1 aliphatic carbocycles. The highest BCUT2D eigenvalue weighted by Gasteiger charge is 2.29. The molecule has 2 rings (SSSR count). The average molecular weight is 225 g/mol. The van der Waals surface area contributed by atoms with Gasteiger partial charge in [0.15, 0.2) is 0 Å². The Morgan fingerprint density at radius 2 is 1.80 bits per heavy atom. The van der Waals surface area contributed by atoms with E-state index in [1.54, 1.807) is 24.3 Å². The average Bonchev–Trinajstić information content (AvgIpc) is 2.17. The summed E-state index contributed by atoms with van der Waals surface area (Å²) in [6.45, 7) is 2.13. The fourth-order valence-corrected chi connectivity index (χ4v) is 3.17. The van der Waals surface area contributed by atoms with Crippen LogP contribution in [0.4, 0.5) is 0 Å². The molecule has 0 unspecified atom stereocenters. The maximum absolute atomic E-state index is 11.8. The molecule has 82 valence electrons.